The highest BCUT2D eigenvalue weighted by molar-refractivity contribution is 5.73. The molecule has 2 aliphatic heterocycles. The van der Waals surface area contributed by atoms with Gasteiger partial charge >= 0.3 is 24.3 Å². The predicted octanol–water partition coefficient (Wildman–Crippen LogP) is 2.51. The second-order valence-electron chi connectivity index (χ2n) is 6.43. The van der Waals surface area contributed by atoms with E-state index in [2.05, 4.69) is 24.1 Å². The molecule has 0 aromatic rings. The van der Waals surface area contributed by atoms with Gasteiger partial charge in [0.25, 0.3) is 0 Å². The summed E-state index contributed by atoms with van der Waals surface area (Å²) in [4.78, 5) is 20.4. The molecule has 2 heterocycles. The van der Waals surface area contributed by atoms with E-state index in [0.29, 0.717) is 0 Å². The molecule has 0 amide bonds. The molecule has 0 aromatic carbocycles. The summed E-state index contributed by atoms with van der Waals surface area (Å²) in [5, 5.41) is 17.7. The fourth-order valence-corrected chi connectivity index (χ4v) is 3.07. The normalized spacial score (nSPS) is 24.4. The summed E-state index contributed by atoms with van der Waals surface area (Å²) in [6.07, 6.45) is -6.53. The number of carboxylic acids is 2. The van der Waals surface area contributed by atoms with Crippen molar-refractivity contribution >= 4 is 11.9 Å². The van der Waals surface area contributed by atoms with Crippen molar-refractivity contribution in [2.45, 2.75) is 57.1 Å². The Bertz CT molecular complexity index is 493. The number of halogens is 6. The van der Waals surface area contributed by atoms with Gasteiger partial charge in [-0.2, -0.15) is 26.3 Å². The zero-order valence-corrected chi connectivity index (χ0v) is 16.1. The van der Waals surface area contributed by atoms with E-state index in [1.54, 1.807) is 0 Å². The SMILES string of the molecule is CCN(CC)[C@@H]1CCO[C@]2(CCNC2)C1.O=C(O)C(F)(F)F.O=C(O)C(F)(F)F. The summed E-state index contributed by atoms with van der Waals surface area (Å²) in [5.74, 6) is -5.51. The molecule has 0 bridgehead atoms. The van der Waals surface area contributed by atoms with Crippen molar-refractivity contribution in [2.75, 3.05) is 32.8 Å². The number of nitrogens with one attached hydrogen (secondary N) is 1. The van der Waals surface area contributed by atoms with Gasteiger partial charge < -0.3 is 25.2 Å². The van der Waals surface area contributed by atoms with Gasteiger partial charge in [-0.25, -0.2) is 9.59 Å². The molecule has 13 heteroatoms. The predicted molar refractivity (Wildman–Crippen MR) is 89.5 cm³/mol. The number of rotatable bonds is 3. The molecule has 172 valence electrons. The monoisotopic (exact) mass is 440 g/mol. The largest absolute Gasteiger partial charge is 0.490 e. The first-order valence-corrected chi connectivity index (χ1v) is 8.87. The molecule has 0 aromatic heterocycles. The van der Waals surface area contributed by atoms with Gasteiger partial charge in [-0.05, 0) is 38.9 Å². The Hall–Kier alpha value is -1.60. The van der Waals surface area contributed by atoms with Crippen LogP contribution in [0.15, 0.2) is 0 Å². The third-order valence-corrected chi connectivity index (χ3v) is 4.49. The molecule has 0 aliphatic carbocycles. The summed E-state index contributed by atoms with van der Waals surface area (Å²) in [6.45, 7) is 10.0. The molecular formula is C16H26F6N2O5. The lowest BCUT2D eigenvalue weighted by Crippen LogP contribution is -2.49. The van der Waals surface area contributed by atoms with E-state index < -0.39 is 24.3 Å². The zero-order valence-electron chi connectivity index (χ0n) is 16.1. The van der Waals surface area contributed by atoms with Crippen LogP contribution in [0.2, 0.25) is 0 Å². The van der Waals surface area contributed by atoms with Crippen LogP contribution in [0.1, 0.15) is 33.1 Å². The lowest BCUT2D eigenvalue weighted by Gasteiger charge is -2.42. The number of carboxylic acid groups (broad SMARTS) is 2. The Labute approximate surface area is 164 Å². The zero-order chi connectivity index (χ0) is 22.9. The molecular weight excluding hydrogens is 414 g/mol. The minimum Gasteiger partial charge on any atom is -0.475 e. The number of alkyl halides is 6. The van der Waals surface area contributed by atoms with Crippen LogP contribution >= 0.6 is 0 Å². The maximum Gasteiger partial charge on any atom is 0.490 e. The first-order valence-electron chi connectivity index (χ1n) is 8.87. The van der Waals surface area contributed by atoms with E-state index in [1.165, 1.54) is 32.4 Å². The van der Waals surface area contributed by atoms with E-state index in [9.17, 15) is 26.3 Å². The van der Waals surface area contributed by atoms with Crippen LogP contribution in [0.4, 0.5) is 26.3 Å². The first kappa shape index (κ1) is 27.4. The van der Waals surface area contributed by atoms with Crippen molar-refractivity contribution in [1.82, 2.24) is 10.2 Å². The Balaban J connectivity index is 0.000000473. The van der Waals surface area contributed by atoms with Gasteiger partial charge in [0, 0.05) is 19.2 Å². The first-order chi connectivity index (χ1) is 13.2. The second-order valence-corrected chi connectivity index (χ2v) is 6.43. The van der Waals surface area contributed by atoms with Gasteiger partial charge in [-0.15, -0.1) is 0 Å². The summed E-state index contributed by atoms with van der Waals surface area (Å²) in [5.41, 5.74) is 0.172. The van der Waals surface area contributed by atoms with Crippen LogP contribution in [0, 0.1) is 0 Å². The maximum absolute atomic E-state index is 10.6. The van der Waals surface area contributed by atoms with E-state index in [1.807, 2.05) is 0 Å². The van der Waals surface area contributed by atoms with Crippen molar-refractivity contribution in [2.24, 2.45) is 0 Å². The van der Waals surface area contributed by atoms with Crippen molar-refractivity contribution in [3.63, 3.8) is 0 Å². The third kappa shape index (κ3) is 10.1. The van der Waals surface area contributed by atoms with Crippen molar-refractivity contribution in [1.29, 1.82) is 0 Å². The summed E-state index contributed by atoms with van der Waals surface area (Å²) in [6, 6.07) is 0.744. The second kappa shape index (κ2) is 11.6. The molecule has 2 saturated heterocycles. The highest BCUT2D eigenvalue weighted by atomic mass is 19.4. The number of hydrogen-bond acceptors (Lipinski definition) is 5. The lowest BCUT2D eigenvalue weighted by molar-refractivity contribution is -0.193. The van der Waals surface area contributed by atoms with E-state index in [0.717, 1.165) is 25.7 Å². The van der Waals surface area contributed by atoms with E-state index in [4.69, 9.17) is 24.5 Å². The minimum atomic E-state index is -5.08. The number of hydrogen-bond donors (Lipinski definition) is 3. The maximum atomic E-state index is 10.6. The fraction of sp³-hybridized carbons (Fsp3) is 0.875. The third-order valence-electron chi connectivity index (χ3n) is 4.49. The van der Waals surface area contributed by atoms with Crippen molar-refractivity contribution in [3.05, 3.63) is 0 Å². The van der Waals surface area contributed by atoms with E-state index in [-0.39, 0.29) is 5.60 Å². The molecule has 29 heavy (non-hydrogen) atoms. The molecule has 0 saturated carbocycles. The van der Waals surface area contributed by atoms with Crippen LogP contribution in [0.25, 0.3) is 0 Å². The van der Waals surface area contributed by atoms with Crippen molar-refractivity contribution in [3.8, 4) is 0 Å². The average Bonchev–Trinajstić information content (AvgIpc) is 3.03. The number of carbonyl (C=O) groups is 2. The molecule has 3 N–H and O–H groups in total. The summed E-state index contributed by atoms with van der Waals surface area (Å²) in [7, 11) is 0. The quantitative estimate of drug-likeness (QED) is 0.580. The number of nitrogens with zero attached hydrogens (tertiary/aromatic N) is 1. The summed E-state index contributed by atoms with van der Waals surface area (Å²) < 4.78 is 69.5. The Morgan fingerprint density at radius 3 is 1.83 bits per heavy atom. The molecule has 7 nitrogen and oxygen atoms in total. The topological polar surface area (TPSA) is 99.1 Å². The smallest absolute Gasteiger partial charge is 0.475 e. The number of ether oxygens (including phenoxy) is 1. The molecule has 2 atom stereocenters. The average molecular weight is 440 g/mol. The molecule has 0 radical (unpaired) electrons. The highest BCUT2D eigenvalue weighted by Crippen LogP contribution is 2.32. The standard InChI is InChI=1S/C12H24N2O.2C2HF3O2/c1-3-14(4-2)11-5-8-15-12(9-11)6-7-13-10-12;2*3-2(4,5)1(6)7/h11,13H,3-10H2,1-2H3;2*(H,6,7)/t11-,12-;;/m1../s1. The van der Waals surface area contributed by atoms with Gasteiger partial charge in [0.05, 0.1) is 5.60 Å². The van der Waals surface area contributed by atoms with Crippen molar-refractivity contribution < 1.29 is 50.9 Å². The fourth-order valence-electron chi connectivity index (χ4n) is 3.07. The Kier molecular flexibility index (Phi) is 10.9. The van der Waals surface area contributed by atoms with Crippen LogP contribution < -0.4 is 5.32 Å². The molecule has 2 rings (SSSR count). The summed E-state index contributed by atoms with van der Waals surface area (Å²) >= 11 is 0. The van der Waals surface area contributed by atoms with Crippen LogP contribution in [-0.4, -0.2) is 83.8 Å². The molecule has 1 spiro atoms. The van der Waals surface area contributed by atoms with E-state index >= 15 is 0 Å². The molecule has 0 unspecified atom stereocenters. The van der Waals surface area contributed by atoms with Crippen LogP contribution in [-0.2, 0) is 14.3 Å². The Morgan fingerprint density at radius 2 is 1.52 bits per heavy atom. The molecule has 2 aliphatic rings. The van der Waals surface area contributed by atoms with Gasteiger partial charge in [0.15, 0.2) is 0 Å². The molecule has 2 fully saturated rings. The van der Waals surface area contributed by atoms with Gasteiger partial charge in [0.2, 0.25) is 0 Å². The van der Waals surface area contributed by atoms with Gasteiger partial charge in [0.1, 0.15) is 0 Å². The highest BCUT2D eigenvalue weighted by Gasteiger charge is 2.41. The minimum absolute atomic E-state index is 0.172. The lowest BCUT2D eigenvalue weighted by atomic mass is 9.89. The van der Waals surface area contributed by atoms with Gasteiger partial charge in [-0.1, -0.05) is 13.8 Å². The number of aliphatic carboxylic acids is 2. The Morgan fingerprint density at radius 1 is 1.07 bits per heavy atom. The van der Waals surface area contributed by atoms with Crippen LogP contribution in [0.5, 0.6) is 0 Å². The van der Waals surface area contributed by atoms with Gasteiger partial charge in [-0.3, -0.25) is 0 Å². The van der Waals surface area contributed by atoms with Crippen LogP contribution in [0.3, 0.4) is 0 Å².